The van der Waals surface area contributed by atoms with Gasteiger partial charge in [0.1, 0.15) is 6.04 Å². The van der Waals surface area contributed by atoms with Crippen molar-refractivity contribution in [1.29, 1.82) is 0 Å². The summed E-state index contributed by atoms with van der Waals surface area (Å²) in [6.07, 6.45) is 6.31. The minimum atomic E-state index is -0.195. The molecule has 2 saturated carbocycles. The van der Waals surface area contributed by atoms with Crippen LogP contribution in [-0.2, 0) is 4.79 Å². The monoisotopic (exact) mass is 325 g/mol. The molecule has 4 atom stereocenters. The number of carbonyl (C=O) groups is 1. The number of hydrogen-bond donors (Lipinski definition) is 2. The Bertz CT molecular complexity index is 656. The Labute approximate surface area is 144 Å². The lowest BCUT2D eigenvalue weighted by Gasteiger charge is -2.35. The van der Waals surface area contributed by atoms with Crippen molar-refractivity contribution in [2.45, 2.75) is 38.1 Å². The molecule has 0 aromatic heterocycles. The average molecular weight is 325 g/mol. The number of benzene rings is 1. The van der Waals surface area contributed by atoms with Gasteiger partial charge in [-0.25, -0.2) is 0 Å². The molecule has 2 bridgehead atoms. The Morgan fingerprint density at radius 2 is 2.17 bits per heavy atom. The summed E-state index contributed by atoms with van der Waals surface area (Å²) < 4.78 is 0. The summed E-state index contributed by atoms with van der Waals surface area (Å²) in [4.78, 5) is 14.5. The maximum atomic E-state index is 12.4. The molecule has 1 aliphatic heterocycles. The van der Waals surface area contributed by atoms with E-state index in [-0.39, 0.29) is 11.9 Å². The van der Waals surface area contributed by atoms with E-state index < -0.39 is 0 Å². The topological polar surface area (TPSA) is 44.4 Å². The fourth-order valence-corrected chi connectivity index (χ4v) is 4.88. The molecule has 4 nitrogen and oxygen atoms in total. The van der Waals surface area contributed by atoms with Gasteiger partial charge in [-0.05, 0) is 49.1 Å². The zero-order valence-electron chi connectivity index (χ0n) is 14.4. The third-order valence-corrected chi connectivity index (χ3v) is 6.25. The number of hydrogen-bond acceptors (Lipinski definition) is 3. The summed E-state index contributed by atoms with van der Waals surface area (Å²) in [6.45, 7) is 5.20. The van der Waals surface area contributed by atoms with Crippen LogP contribution in [0.15, 0.2) is 36.5 Å². The molecule has 0 saturated heterocycles. The Kier molecular flexibility index (Phi) is 3.99. The van der Waals surface area contributed by atoms with E-state index in [2.05, 4.69) is 22.1 Å². The van der Waals surface area contributed by atoms with Crippen LogP contribution in [0.1, 0.15) is 32.1 Å². The Morgan fingerprint density at radius 3 is 2.92 bits per heavy atom. The zero-order chi connectivity index (χ0) is 16.7. The van der Waals surface area contributed by atoms with Crippen molar-refractivity contribution < 1.29 is 4.79 Å². The lowest BCUT2D eigenvalue weighted by molar-refractivity contribution is -0.117. The molecule has 128 valence electrons. The number of anilines is 2. The summed E-state index contributed by atoms with van der Waals surface area (Å²) in [5, 5.41) is 6.54. The number of likely N-dealkylation sites (N-methyl/N-ethyl adjacent to an activating group) is 1. The molecule has 24 heavy (non-hydrogen) atoms. The van der Waals surface area contributed by atoms with Crippen LogP contribution >= 0.6 is 0 Å². The smallest absolute Gasteiger partial charge is 0.247 e. The third kappa shape index (κ3) is 2.79. The molecule has 4 heteroatoms. The van der Waals surface area contributed by atoms with E-state index in [9.17, 15) is 4.79 Å². The van der Waals surface area contributed by atoms with E-state index in [1.807, 2.05) is 31.3 Å². The number of fused-ring (bicyclic) bond motifs is 3. The molecule has 4 rings (SSSR count). The largest absolute Gasteiger partial charge is 0.388 e. The van der Waals surface area contributed by atoms with E-state index in [4.69, 9.17) is 0 Å². The second-order valence-electron chi connectivity index (χ2n) is 7.76. The van der Waals surface area contributed by atoms with Gasteiger partial charge < -0.3 is 15.5 Å². The van der Waals surface area contributed by atoms with Gasteiger partial charge >= 0.3 is 0 Å². The molecule has 3 aliphatic rings. The van der Waals surface area contributed by atoms with E-state index in [1.165, 1.54) is 25.7 Å². The molecular weight excluding hydrogens is 298 g/mol. The number of nitrogens with zero attached hydrogens (tertiary/aromatic N) is 1. The standard InChI is InChI=1S/C20H27N3O/c1-13(21-12-16-11-14-7-8-15(16)10-14)9-19-20(24)22-17-5-3-4-6-18(17)23(19)2/h3-6,14-16,19,21H,1,7-12H2,2H3,(H,22,24). The third-order valence-electron chi connectivity index (χ3n) is 6.25. The predicted molar refractivity (Wildman–Crippen MR) is 98.0 cm³/mol. The highest BCUT2D eigenvalue weighted by atomic mass is 16.2. The van der Waals surface area contributed by atoms with Crippen LogP contribution in [0.25, 0.3) is 0 Å². The molecule has 2 fully saturated rings. The van der Waals surface area contributed by atoms with Crippen LogP contribution in [0.4, 0.5) is 11.4 Å². The summed E-state index contributed by atoms with van der Waals surface area (Å²) in [5.41, 5.74) is 2.94. The van der Waals surface area contributed by atoms with Gasteiger partial charge in [0.05, 0.1) is 11.4 Å². The highest BCUT2D eigenvalue weighted by molar-refractivity contribution is 6.03. The average Bonchev–Trinajstić information content (AvgIpc) is 3.20. The second-order valence-corrected chi connectivity index (χ2v) is 7.76. The van der Waals surface area contributed by atoms with Crippen molar-refractivity contribution in [3.8, 4) is 0 Å². The van der Waals surface area contributed by atoms with Crippen LogP contribution in [0.5, 0.6) is 0 Å². The van der Waals surface area contributed by atoms with Crippen molar-refractivity contribution in [2.24, 2.45) is 17.8 Å². The molecular formula is C20H27N3O. The zero-order valence-corrected chi connectivity index (χ0v) is 14.4. The van der Waals surface area contributed by atoms with Gasteiger partial charge in [0.25, 0.3) is 0 Å². The molecule has 1 aromatic rings. The Morgan fingerprint density at radius 1 is 1.33 bits per heavy atom. The summed E-state index contributed by atoms with van der Waals surface area (Å²) in [5.74, 6) is 2.75. The van der Waals surface area contributed by atoms with Crippen molar-refractivity contribution in [3.63, 3.8) is 0 Å². The second kappa shape index (κ2) is 6.15. The SMILES string of the molecule is C=C(CC1C(=O)Nc2ccccc2N1C)NCC1CC2CCC1C2. The number of nitrogens with one attached hydrogen (secondary N) is 2. The van der Waals surface area contributed by atoms with Gasteiger partial charge in [0.2, 0.25) is 5.91 Å². The maximum absolute atomic E-state index is 12.4. The maximum Gasteiger partial charge on any atom is 0.247 e. The van der Waals surface area contributed by atoms with Gasteiger partial charge in [0, 0.05) is 25.7 Å². The van der Waals surface area contributed by atoms with Gasteiger partial charge in [-0.15, -0.1) is 0 Å². The number of rotatable bonds is 5. The lowest BCUT2D eigenvalue weighted by atomic mass is 9.89. The first-order chi connectivity index (χ1) is 11.6. The molecule has 1 heterocycles. The summed E-state index contributed by atoms with van der Waals surface area (Å²) >= 11 is 0. The minimum absolute atomic E-state index is 0.0547. The normalized spacial score (nSPS) is 30.9. The number of para-hydroxylation sites is 2. The Hall–Kier alpha value is -1.97. The molecule has 4 unspecified atom stereocenters. The van der Waals surface area contributed by atoms with E-state index in [0.717, 1.165) is 41.4 Å². The lowest BCUT2D eigenvalue weighted by Crippen LogP contribution is -2.47. The molecule has 2 aliphatic carbocycles. The van der Waals surface area contributed by atoms with E-state index in [0.29, 0.717) is 6.42 Å². The quantitative estimate of drug-likeness (QED) is 0.872. The van der Waals surface area contributed by atoms with Crippen LogP contribution in [0.2, 0.25) is 0 Å². The fraction of sp³-hybridized carbons (Fsp3) is 0.550. The fourth-order valence-electron chi connectivity index (χ4n) is 4.88. The molecule has 0 radical (unpaired) electrons. The van der Waals surface area contributed by atoms with Crippen LogP contribution in [0, 0.1) is 17.8 Å². The molecule has 1 aromatic carbocycles. The summed E-state index contributed by atoms with van der Waals surface area (Å²) in [6, 6.07) is 7.75. The molecule has 0 spiro atoms. The van der Waals surface area contributed by atoms with Gasteiger partial charge in [-0.3, -0.25) is 4.79 Å². The van der Waals surface area contributed by atoms with Crippen LogP contribution < -0.4 is 15.5 Å². The van der Waals surface area contributed by atoms with Crippen molar-refractivity contribution in [3.05, 3.63) is 36.5 Å². The Balaban J connectivity index is 1.34. The highest BCUT2D eigenvalue weighted by Gasteiger charge is 2.39. The molecule has 2 N–H and O–H groups in total. The number of carbonyl (C=O) groups excluding carboxylic acids is 1. The summed E-state index contributed by atoms with van der Waals surface area (Å²) in [7, 11) is 1.99. The van der Waals surface area contributed by atoms with E-state index >= 15 is 0 Å². The van der Waals surface area contributed by atoms with Crippen molar-refractivity contribution in [2.75, 3.05) is 23.8 Å². The van der Waals surface area contributed by atoms with Crippen LogP contribution in [-0.4, -0.2) is 25.5 Å². The molecule has 1 amide bonds. The highest BCUT2D eigenvalue weighted by Crippen LogP contribution is 2.48. The first-order valence-corrected chi connectivity index (χ1v) is 9.16. The number of amides is 1. The van der Waals surface area contributed by atoms with Crippen LogP contribution in [0.3, 0.4) is 0 Å². The van der Waals surface area contributed by atoms with Crippen molar-refractivity contribution >= 4 is 17.3 Å². The van der Waals surface area contributed by atoms with E-state index in [1.54, 1.807) is 0 Å². The van der Waals surface area contributed by atoms with Gasteiger partial charge in [-0.1, -0.05) is 25.1 Å². The minimum Gasteiger partial charge on any atom is -0.388 e. The van der Waals surface area contributed by atoms with Gasteiger partial charge in [-0.2, -0.15) is 0 Å². The predicted octanol–water partition coefficient (Wildman–Crippen LogP) is 3.37. The van der Waals surface area contributed by atoms with Crippen molar-refractivity contribution in [1.82, 2.24) is 5.32 Å². The first-order valence-electron chi connectivity index (χ1n) is 9.16. The van der Waals surface area contributed by atoms with Gasteiger partial charge in [0.15, 0.2) is 0 Å². The first kappa shape index (κ1) is 15.6.